The van der Waals surface area contributed by atoms with Gasteiger partial charge >= 0.3 is 5.97 Å². The van der Waals surface area contributed by atoms with Crippen molar-refractivity contribution in [2.75, 3.05) is 37.5 Å². The molecule has 38 heavy (non-hydrogen) atoms. The first-order valence-electron chi connectivity index (χ1n) is 11.8. The second-order valence-electron chi connectivity index (χ2n) is 9.16. The smallest absolute Gasteiger partial charge is 0.360 e. The minimum Gasteiger partial charge on any atom is -0.464 e. The number of carbonyl (C=O) groups is 3. The highest BCUT2D eigenvalue weighted by molar-refractivity contribution is 6.30. The van der Waals surface area contributed by atoms with Crippen LogP contribution >= 0.6 is 11.6 Å². The van der Waals surface area contributed by atoms with Gasteiger partial charge in [0.15, 0.2) is 5.69 Å². The summed E-state index contributed by atoms with van der Waals surface area (Å²) in [5.74, 6) is -2.41. The number of nitrogens with zero attached hydrogens (tertiary/aromatic N) is 4. The molecule has 198 valence electrons. The number of rotatable bonds is 7. The molecular formula is C26H26ClFN6O4. The topological polar surface area (TPSA) is 126 Å². The number of hydrogen-bond donors (Lipinski definition) is 2. The summed E-state index contributed by atoms with van der Waals surface area (Å²) in [6.45, 7) is 4.22. The van der Waals surface area contributed by atoms with Gasteiger partial charge in [-0.1, -0.05) is 49.7 Å². The van der Waals surface area contributed by atoms with Gasteiger partial charge in [0.25, 0.3) is 5.91 Å². The van der Waals surface area contributed by atoms with Gasteiger partial charge in [-0.15, -0.1) is 10.2 Å². The Bertz CT molecular complexity index is 1410. The summed E-state index contributed by atoms with van der Waals surface area (Å²) in [6, 6.07) is 10.0. The molecular weight excluding hydrogens is 515 g/mol. The number of aromatic nitrogens is 3. The van der Waals surface area contributed by atoms with E-state index in [9.17, 15) is 18.8 Å². The Kier molecular flexibility index (Phi) is 7.58. The van der Waals surface area contributed by atoms with Crippen LogP contribution in [0.15, 0.2) is 42.6 Å². The number of nitrogens with one attached hydrogen (secondary N) is 2. The van der Waals surface area contributed by atoms with Crippen LogP contribution in [0.2, 0.25) is 5.15 Å². The predicted molar refractivity (Wildman–Crippen MR) is 139 cm³/mol. The molecule has 1 aliphatic heterocycles. The Morgan fingerprint density at radius 1 is 1.16 bits per heavy atom. The Labute approximate surface area is 223 Å². The zero-order valence-electron chi connectivity index (χ0n) is 21.2. The second-order valence-corrected chi connectivity index (χ2v) is 9.55. The Balaban J connectivity index is 1.78. The maximum atomic E-state index is 14.1. The number of carbonyl (C=O) groups excluding carboxylic acids is 3. The van der Waals surface area contributed by atoms with Crippen LogP contribution in [0.25, 0.3) is 0 Å². The molecule has 3 aromatic rings. The van der Waals surface area contributed by atoms with E-state index < -0.39 is 29.1 Å². The van der Waals surface area contributed by atoms with Crippen LogP contribution in [0.1, 0.15) is 51.7 Å². The van der Waals surface area contributed by atoms with Crippen LogP contribution in [0.5, 0.6) is 0 Å². The molecule has 4 rings (SSSR count). The minimum absolute atomic E-state index is 0.0913. The molecule has 0 atom stereocenters. The highest BCUT2D eigenvalue weighted by Crippen LogP contribution is 2.42. The van der Waals surface area contributed by atoms with Crippen LogP contribution in [0.4, 0.5) is 15.8 Å². The summed E-state index contributed by atoms with van der Waals surface area (Å²) in [6.07, 6.45) is 1.32. The number of methoxy groups -OCH3 is 1. The van der Waals surface area contributed by atoms with Gasteiger partial charge in [0.1, 0.15) is 10.6 Å². The number of halogens is 2. The third-order valence-electron chi connectivity index (χ3n) is 6.51. The van der Waals surface area contributed by atoms with E-state index in [0.29, 0.717) is 0 Å². The van der Waals surface area contributed by atoms with E-state index in [0.717, 1.165) is 17.2 Å². The average molecular weight is 541 g/mol. The molecule has 0 bridgehead atoms. The summed E-state index contributed by atoms with van der Waals surface area (Å²) in [5.41, 5.74) is 0.943. The summed E-state index contributed by atoms with van der Waals surface area (Å²) in [5, 5.41) is 12.5. The van der Waals surface area contributed by atoms with Gasteiger partial charge in [-0.2, -0.15) is 4.39 Å². The van der Waals surface area contributed by atoms with E-state index >= 15 is 0 Å². The Hall–Kier alpha value is -4.12. The van der Waals surface area contributed by atoms with Gasteiger partial charge in [0.05, 0.1) is 30.2 Å². The maximum absolute atomic E-state index is 14.1. The molecule has 1 fully saturated rings. The number of esters is 1. The largest absolute Gasteiger partial charge is 0.464 e. The third kappa shape index (κ3) is 4.89. The number of benzene rings is 1. The van der Waals surface area contributed by atoms with Crippen molar-refractivity contribution >= 4 is 40.8 Å². The lowest BCUT2D eigenvalue weighted by Crippen LogP contribution is -2.66. The summed E-state index contributed by atoms with van der Waals surface area (Å²) >= 11 is 6.00. The van der Waals surface area contributed by atoms with Gasteiger partial charge in [-0.3, -0.25) is 9.59 Å². The maximum Gasteiger partial charge on any atom is 0.360 e. The molecule has 0 radical (unpaired) electrons. The number of anilines is 2. The summed E-state index contributed by atoms with van der Waals surface area (Å²) in [4.78, 5) is 44.5. The van der Waals surface area contributed by atoms with Gasteiger partial charge in [-0.25, -0.2) is 9.78 Å². The van der Waals surface area contributed by atoms with Crippen molar-refractivity contribution in [1.29, 1.82) is 0 Å². The van der Waals surface area contributed by atoms with Crippen molar-refractivity contribution in [2.24, 2.45) is 0 Å². The first-order chi connectivity index (χ1) is 18.1. The quantitative estimate of drug-likeness (QED) is 0.345. The number of ether oxygens (including phenoxy) is 1. The molecule has 0 spiro atoms. The van der Waals surface area contributed by atoms with Gasteiger partial charge in [0, 0.05) is 26.2 Å². The molecule has 10 nitrogen and oxygen atoms in total. The highest BCUT2D eigenvalue weighted by Gasteiger charge is 2.53. The molecule has 2 aromatic heterocycles. The molecule has 0 saturated carbocycles. The fourth-order valence-corrected chi connectivity index (χ4v) is 4.74. The van der Waals surface area contributed by atoms with Crippen molar-refractivity contribution in [3.63, 3.8) is 0 Å². The van der Waals surface area contributed by atoms with E-state index in [2.05, 4.69) is 25.8 Å². The third-order valence-corrected chi connectivity index (χ3v) is 6.72. The zero-order valence-corrected chi connectivity index (χ0v) is 22.0. The van der Waals surface area contributed by atoms with Crippen molar-refractivity contribution in [1.82, 2.24) is 20.5 Å². The van der Waals surface area contributed by atoms with Gasteiger partial charge in [0.2, 0.25) is 11.9 Å². The van der Waals surface area contributed by atoms with Gasteiger partial charge < -0.3 is 20.3 Å². The van der Waals surface area contributed by atoms with Crippen molar-refractivity contribution in [3.8, 4) is 0 Å². The van der Waals surface area contributed by atoms with Crippen LogP contribution in [0.3, 0.4) is 0 Å². The fourth-order valence-electron chi connectivity index (χ4n) is 4.58. The molecule has 0 unspecified atom stereocenters. The second kappa shape index (κ2) is 10.7. The Morgan fingerprint density at radius 3 is 2.53 bits per heavy atom. The van der Waals surface area contributed by atoms with Crippen LogP contribution in [-0.2, 0) is 14.9 Å². The monoisotopic (exact) mass is 540 g/mol. The molecule has 12 heteroatoms. The molecule has 1 saturated heterocycles. The fraction of sp³-hybridized carbons (Fsp3) is 0.308. The first-order valence-corrected chi connectivity index (χ1v) is 12.1. The summed E-state index contributed by atoms with van der Waals surface area (Å²) < 4.78 is 18.8. The normalized spacial score (nSPS) is 14.0. The molecule has 1 aromatic carbocycles. The lowest BCUT2D eigenvalue weighted by Gasteiger charge is -2.51. The Morgan fingerprint density at radius 2 is 1.87 bits per heavy atom. The number of amides is 2. The van der Waals surface area contributed by atoms with Crippen LogP contribution in [-0.4, -0.2) is 60.2 Å². The molecule has 0 aliphatic carbocycles. The van der Waals surface area contributed by atoms with Crippen molar-refractivity contribution < 1.29 is 23.5 Å². The molecule has 1 aliphatic rings. The lowest BCUT2D eigenvalue weighted by molar-refractivity contribution is -0.122. The lowest BCUT2D eigenvalue weighted by atomic mass is 9.69. The standard InChI is InChI=1S/C26H26ClFN6O4/c1-14(2)15-7-5-6-8-17(15)26(25(37)31-18-11-30-20(27)9-16(18)23(35)29-3)12-34(13-26)19-10-21(28)32-33-22(19)24(36)38-4/h5-11,14H,12-13H2,1-4H3,(H,29,35)(H,31,37). The minimum atomic E-state index is -1.12. The van der Waals surface area contributed by atoms with Gasteiger partial charge in [-0.05, 0) is 23.1 Å². The first kappa shape index (κ1) is 26.9. The van der Waals surface area contributed by atoms with Crippen molar-refractivity contribution in [3.05, 3.63) is 76.1 Å². The number of pyridine rings is 1. The van der Waals surface area contributed by atoms with Crippen LogP contribution < -0.4 is 15.5 Å². The van der Waals surface area contributed by atoms with E-state index in [-0.39, 0.29) is 46.8 Å². The van der Waals surface area contributed by atoms with Crippen molar-refractivity contribution in [2.45, 2.75) is 25.2 Å². The van der Waals surface area contributed by atoms with E-state index in [1.807, 2.05) is 38.1 Å². The molecule has 2 N–H and O–H groups in total. The van der Waals surface area contributed by atoms with E-state index in [1.54, 1.807) is 4.90 Å². The predicted octanol–water partition coefficient (Wildman–Crippen LogP) is 3.33. The highest BCUT2D eigenvalue weighted by atomic mass is 35.5. The summed E-state index contributed by atoms with van der Waals surface area (Å²) in [7, 11) is 2.65. The van der Waals surface area contributed by atoms with E-state index in [1.165, 1.54) is 26.4 Å². The molecule has 2 amide bonds. The van der Waals surface area contributed by atoms with Crippen LogP contribution in [0, 0.1) is 5.95 Å². The average Bonchev–Trinajstić information content (AvgIpc) is 2.88. The van der Waals surface area contributed by atoms with E-state index in [4.69, 9.17) is 16.3 Å². The zero-order chi connectivity index (χ0) is 27.6. The SMILES string of the molecule is CNC(=O)c1cc(Cl)ncc1NC(=O)C1(c2ccccc2C(C)C)CN(c2cc(F)nnc2C(=O)OC)C1. The molecule has 3 heterocycles. The number of hydrogen-bond acceptors (Lipinski definition) is 8.